The Kier molecular flexibility index (Phi) is 3.50. The Morgan fingerprint density at radius 2 is 1.92 bits per heavy atom. The van der Waals surface area contributed by atoms with Gasteiger partial charge in [-0.05, 0) is 31.0 Å². The molecule has 0 unspecified atom stereocenters. The Bertz CT molecular complexity index is 1020. The first-order valence-electron chi connectivity index (χ1n) is 8.03. The van der Waals surface area contributed by atoms with E-state index in [9.17, 15) is 19.2 Å². The molecule has 2 aliphatic rings. The zero-order valence-electron chi connectivity index (χ0n) is 13.5. The number of nitrogens with one attached hydrogen (secondary N) is 3. The predicted octanol–water partition coefficient (Wildman–Crippen LogP) is 0.587. The first-order chi connectivity index (χ1) is 12.4. The number of carbonyl (C=O) groups is 3. The van der Waals surface area contributed by atoms with E-state index in [-0.39, 0.29) is 29.0 Å². The molecule has 132 valence electrons. The molecule has 1 saturated carbocycles. The van der Waals surface area contributed by atoms with Crippen LogP contribution in [0.2, 0.25) is 0 Å². The van der Waals surface area contributed by atoms with Crippen molar-refractivity contribution in [2.45, 2.75) is 18.9 Å². The van der Waals surface area contributed by atoms with Gasteiger partial charge in [0.1, 0.15) is 5.82 Å². The number of hydrogen-bond donors (Lipinski definition) is 4. The summed E-state index contributed by atoms with van der Waals surface area (Å²) in [6.07, 6.45) is 1.94. The lowest BCUT2D eigenvalue weighted by Crippen LogP contribution is -2.30. The van der Waals surface area contributed by atoms with Crippen LogP contribution in [0.25, 0.3) is 5.69 Å². The van der Waals surface area contributed by atoms with Crippen molar-refractivity contribution in [3.63, 3.8) is 0 Å². The number of pyridine rings is 1. The highest BCUT2D eigenvalue weighted by Crippen LogP contribution is 2.24. The van der Waals surface area contributed by atoms with Gasteiger partial charge in [0, 0.05) is 17.8 Å². The maximum absolute atomic E-state index is 12.4. The molecule has 2 aromatic rings. The molecule has 26 heavy (non-hydrogen) atoms. The molecular weight excluding hydrogens is 338 g/mol. The van der Waals surface area contributed by atoms with Gasteiger partial charge in [-0.15, -0.1) is 0 Å². The van der Waals surface area contributed by atoms with Crippen molar-refractivity contribution in [2.24, 2.45) is 0 Å². The fourth-order valence-electron chi connectivity index (χ4n) is 2.85. The lowest BCUT2D eigenvalue weighted by atomic mass is 10.1. The molecule has 4 amide bonds. The van der Waals surface area contributed by atoms with E-state index in [1.54, 1.807) is 24.3 Å². The topological polar surface area (TPSA) is 135 Å². The maximum Gasteiger partial charge on any atom is 0.319 e. The monoisotopic (exact) mass is 353 g/mol. The summed E-state index contributed by atoms with van der Waals surface area (Å²) in [4.78, 5) is 47.9. The molecule has 1 aliphatic carbocycles. The zero-order valence-corrected chi connectivity index (χ0v) is 13.5. The van der Waals surface area contributed by atoms with Crippen LogP contribution in [0.4, 0.5) is 16.3 Å². The average Bonchev–Trinajstić information content (AvgIpc) is 3.33. The molecule has 9 nitrogen and oxygen atoms in total. The number of aromatic nitrogens is 1. The lowest BCUT2D eigenvalue weighted by molar-refractivity contribution is 0.0880. The minimum atomic E-state index is -0.645. The number of nitrogen functional groups attached to an aromatic ring is 1. The molecular formula is C17H15N5O4. The lowest BCUT2D eigenvalue weighted by Gasteiger charge is -2.13. The Balaban J connectivity index is 1.72. The molecule has 9 heteroatoms. The summed E-state index contributed by atoms with van der Waals surface area (Å²) in [5.74, 6) is -1.42. The number of nitrogens with zero attached hydrogens (tertiary/aromatic N) is 1. The standard InChI is InChI=1S/C17H15N5O4/c18-14-13-11(15(24)21-16(13)25)7-12(23)22(14)10-3-1-2-9(6-10)20-17(26)19-8-4-5-8/h1-3,6-8H,4-5,18H2,(H2,19,20,26)(H,21,24,25). The first kappa shape index (κ1) is 15.9. The molecule has 0 saturated heterocycles. The molecule has 0 atom stereocenters. The molecule has 0 spiro atoms. The Morgan fingerprint density at radius 3 is 2.65 bits per heavy atom. The second kappa shape index (κ2) is 5.73. The molecule has 0 bridgehead atoms. The fourth-order valence-corrected chi connectivity index (χ4v) is 2.85. The van der Waals surface area contributed by atoms with Crippen LogP contribution in [0.1, 0.15) is 33.6 Å². The second-order valence-electron chi connectivity index (χ2n) is 6.20. The van der Waals surface area contributed by atoms with E-state index in [4.69, 9.17) is 5.73 Å². The van der Waals surface area contributed by atoms with Crippen LogP contribution in [-0.2, 0) is 0 Å². The molecule has 1 aromatic heterocycles. The number of anilines is 2. The quantitative estimate of drug-likeness (QED) is 0.599. The van der Waals surface area contributed by atoms with Crippen LogP contribution in [0, 0.1) is 0 Å². The van der Waals surface area contributed by atoms with Gasteiger partial charge in [0.05, 0.1) is 16.8 Å². The number of amides is 4. The molecule has 1 aliphatic heterocycles. The second-order valence-corrected chi connectivity index (χ2v) is 6.20. The van der Waals surface area contributed by atoms with Crippen molar-refractivity contribution >= 4 is 29.4 Å². The highest BCUT2D eigenvalue weighted by atomic mass is 16.2. The number of urea groups is 1. The van der Waals surface area contributed by atoms with Crippen molar-refractivity contribution < 1.29 is 14.4 Å². The first-order valence-corrected chi connectivity index (χ1v) is 8.03. The van der Waals surface area contributed by atoms with Crippen LogP contribution in [0.5, 0.6) is 0 Å². The molecule has 2 heterocycles. The number of nitrogens with two attached hydrogens (primary N) is 1. The van der Waals surface area contributed by atoms with Crippen molar-refractivity contribution in [3.05, 3.63) is 51.8 Å². The van der Waals surface area contributed by atoms with Crippen LogP contribution < -0.4 is 27.2 Å². The van der Waals surface area contributed by atoms with E-state index >= 15 is 0 Å². The van der Waals surface area contributed by atoms with Gasteiger partial charge in [0.2, 0.25) is 0 Å². The Morgan fingerprint density at radius 1 is 1.15 bits per heavy atom. The van der Waals surface area contributed by atoms with Gasteiger partial charge in [-0.1, -0.05) is 6.07 Å². The third-order valence-electron chi connectivity index (χ3n) is 4.23. The molecule has 5 N–H and O–H groups in total. The predicted molar refractivity (Wildman–Crippen MR) is 93.4 cm³/mol. The van der Waals surface area contributed by atoms with Crippen LogP contribution >= 0.6 is 0 Å². The summed E-state index contributed by atoms with van der Waals surface area (Å²) in [5.41, 5.74) is 6.21. The summed E-state index contributed by atoms with van der Waals surface area (Å²) in [5, 5.41) is 7.60. The third kappa shape index (κ3) is 2.69. The van der Waals surface area contributed by atoms with Crippen molar-refractivity contribution in [2.75, 3.05) is 11.1 Å². The zero-order chi connectivity index (χ0) is 18.4. The molecule has 4 rings (SSSR count). The molecule has 1 aromatic carbocycles. The van der Waals surface area contributed by atoms with Gasteiger partial charge in [-0.25, -0.2) is 4.79 Å². The summed E-state index contributed by atoms with van der Waals surface area (Å²) >= 11 is 0. The Hall–Kier alpha value is -3.62. The number of rotatable bonds is 3. The number of hydrogen-bond acceptors (Lipinski definition) is 5. The highest BCUT2D eigenvalue weighted by molar-refractivity contribution is 6.23. The van der Waals surface area contributed by atoms with Gasteiger partial charge in [0.25, 0.3) is 17.4 Å². The average molecular weight is 353 g/mol. The molecule has 0 radical (unpaired) electrons. The van der Waals surface area contributed by atoms with Crippen molar-refractivity contribution in [1.82, 2.24) is 15.2 Å². The SMILES string of the molecule is Nc1c2c(cc(=O)n1-c1cccc(NC(=O)NC3CC3)c1)C(=O)NC2=O. The van der Waals surface area contributed by atoms with Gasteiger partial charge >= 0.3 is 6.03 Å². The number of imide groups is 1. The van der Waals surface area contributed by atoms with E-state index in [0.717, 1.165) is 23.5 Å². The summed E-state index contributed by atoms with van der Waals surface area (Å²) in [7, 11) is 0. The van der Waals surface area contributed by atoms with E-state index in [0.29, 0.717) is 11.4 Å². The van der Waals surface area contributed by atoms with Crippen LogP contribution in [0.3, 0.4) is 0 Å². The number of fused-ring (bicyclic) bond motifs is 1. The molecule has 1 fully saturated rings. The third-order valence-corrected chi connectivity index (χ3v) is 4.23. The number of carbonyl (C=O) groups excluding carboxylic acids is 3. The maximum atomic E-state index is 12.4. The summed E-state index contributed by atoms with van der Waals surface area (Å²) in [6, 6.07) is 7.45. The van der Waals surface area contributed by atoms with Crippen LogP contribution in [-0.4, -0.2) is 28.5 Å². The minimum Gasteiger partial charge on any atom is -0.384 e. The number of benzene rings is 1. The Labute approximate surface area is 147 Å². The van der Waals surface area contributed by atoms with E-state index in [2.05, 4.69) is 16.0 Å². The summed E-state index contributed by atoms with van der Waals surface area (Å²) in [6.45, 7) is 0. The fraction of sp³-hybridized carbons (Fsp3) is 0.176. The van der Waals surface area contributed by atoms with Crippen LogP contribution in [0.15, 0.2) is 35.1 Å². The van der Waals surface area contributed by atoms with Crippen molar-refractivity contribution in [3.8, 4) is 5.69 Å². The van der Waals surface area contributed by atoms with Gasteiger partial charge in [0.15, 0.2) is 0 Å². The normalized spacial score (nSPS) is 15.4. The van der Waals surface area contributed by atoms with E-state index < -0.39 is 17.4 Å². The van der Waals surface area contributed by atoms with Gasteiger partial charge in [-0.2, -0.15) is 0 Å². The highest BCUT2D eigenvalue weighted by Gasteiger charge is 2.31. The minimum absolute atomic E-state index is 0.0283. The van der Waals surface area contributed by atoms with E-state index in [1.807, 2.05) is 0 Å². The smallest absolute Gasteiger partial charge is 0.319 e. The summed E-state index contributed by atoms with van der Waals surface area (Å²) < 4.78 is 1.13. The largest absolute Gasteiger partial charge is 0.384 e. The van der Waals surface area contributed by atoms with Gasteiger partial charge < -0.3 is 16.4 Å². The van der Waals surface area contributed by atoms with E-state index in [1.165, 1.54) is 0 Å². The van der Waals surface area contributed by atoms with Crippen molar-refractivity contribution in [1.29, 1.82) is 0 Å². The van der Waals surface area contributed by atoms with Gasteiger partial charge in [-0.3, -0.25) is 24.3 Å².